The van der Waals surface area contributed by atoms with Gasteiger partial charge in [-0.1, -0.05) is 0 Å². The molecule has 0 spiro atoms. The Balaban J connectivity index is 1.71. The maximum atomic E-state index is 11.3. The van der Waals surface area contributed by atoms with Gasteiger partial charge in [0.1, 0.15) is 10.7 Å². The van der Waals surface area contributed by atoms with Crippen LogP contribution in [0.15, 0.2) is 29.8 Å². The molecule has 6 nitrogen and oxygen atoms in total. The van der Waals surface area contributed by atoms with Gasteiger partial charge in [0.2, 0.25) is 0 Å². The van der Waals surface area contributed by atoms with Crippen LogP contribution in [0, 0.1) is 13.7 Å². The molecule has 1 aromatic heterocycles. The summed E-state index contributed by atoms with van der Waals surface area (Å²) in [6.07, 6.45) is 1.84. The molecular formula is C15H17IN4O2S. The van der Waals surface area contributed by atoms with Gasteiger partial charge in [-0.25, -0.2) is 4.98 Å². The Labute approximate surface area is 152 Å². The van der Waals surface area contributed by atoms with Crippen molar-refractivity contribution in [2.45, 2.75) is 13.0 Å². The Morgan fingerprint density at radius 1 is 1.35 bits per heavy atom. The van der Waals surface area contributed by atoms with Crippen molar-refractivity contribution >= 4 is 45.3 Å². The zero-order valence-corrected chi connectivity index (χ0v) is 15.7. The zero-order valence-electron chi connectivity index (χ0n) is 12.7. The summed E-state index contributed by atoms with van der Waals surface area (Å²) in [5.74, 6) is 0. The zero-order chi connectivity index (χ0) is 16.4. The number of piperazine rings is 1. The lowest BCUT2D eigenvalue weighted by molar-refractivity contribution is -0.384. The van der Waals surface area contributed by atoms with E-state index < -0.39 is 0 Å². The first kappa shape index (κ1) is 16.6. The lowest BCUT2D eigenvalue weighted by atomic mass is 10.2. The molecule has 23 heavy (non-hydrogen) atoms. The molecule has 0 amide bonds. The van der Waals surface area contributed by atoms with Gasteiger partial charge in [-0.3, -0.25) is 15.0 Å². The van der Waals surface area contributed by atoms with Gasteiger partial charge < -0.3 is 4.90 Å². The Morgan fingerprint density at radius 3 is 2.70 bits per heavy atom. The summed E-state index contributed by atoms with van der Waals surface area (Å²) in [5.41, 5.74) is 0.912. The highest BCUT2D eigenvalue weighted by atomic mass is 127. The molecule has 1 fully saturated rings. The van der Waals surface area contributed by atoms with E-state index in [1.165, 1.54) is 0 Å². The van der Waals surface area contributed by atoms with E-state index in [0.29, 0.717) is 6.04 Å². The number of thiazole rings is 1. The second-order valence-electron chi connectivity index (χ2n) is 5.46. The van der Waals surface area contributed by atoms with E-state index in [2.05, 4.69) is 44.3 Å². The number of hydrogen-bond acceptors (Lipinski definition) is 6. The summed E-state index contributed by atoms with van der Waals surface area (Å²) in [5, 5.41) is 14.4. The van der Waals surface area contributed by atoms with Gasteiger partial charge in [0.15, 0.2) is 0 Å². The van der Waals surface area contributed by atoms with Crippen molar-refractivity contribution < 1.29 is 4.92 Å². The van der Waals surface area contributed by atoms with Gasteiger partial charge in [0.25, 0.3) is 5.69 Å². The van der Waals surface area contributed by atoms with Gasteiger partial charge in [-0.2, -0.15) is 0 Å². The number of halogens is 1. The standard InChI is InChI=1S/C15H17IN4O2S/c1-11(15-17-4-9-23-15)18-5-7-19(8-6-18)13-3-2-12(16)10-14(13)20(21)22/h2-4,9-11H,5-8H2,1H3. The van der Waals surface area contributed by atoms with E-state index in [0.717, 1.165) is 40.4 Å². The molecule has 0 aliphatic carbocycles. The summed E-state index contributed by atoms with van der Waals surface area (Å²) in [7, 11) is 0. The molecule has 1 aliphatic rings. The minimum absolute atomic E-state index is 0.193. The van der Waals surface area contributed by atoms with Crippen molar-refractivity contribution in [1.29, 1.82) is 0 Å². The van der Waals surface area contributed by atoms with Gasteiger partial charge in [-0.15, -0.1) is 11.3 Å². The van der Waals surface area contributed by atoms with Gasteiger partial charge >= 0.3 is 0 Å². The van der Waals surface area contributed by atoms with Crippen molar-refractivity contribution in [1.82, 2.24) is 9.88 Å². The fourth-order valence-electron chi connectivity index (χ4n) is 2.86. The van der Waals surface area contributed by atoms with Crippen LogP contribution in [0.2, 0.25) is 0 Å². The first-order chi connectivity index (χ1) is 11.1. The summed E-state index contributed by atoms with van der Waals surface area (Å²) >= 11 is 3.78. The van der Waals surface area contributed by atoms with Crippen molar-refractivity contribution in [3.63, 3.8) is 0 Å². The van der Waals surface area contributed by atoms with Gasteiger partial charge in [0, 0.05) is 47.4 Å². The second kappa shape index (κ2) is 7.10. The molecule has 2 aromatic rings. The fraction of sp³-hybridized carbons (Fsp3) is 0.400. The molecule has 1 unspecified atom stereocenters. The summed E-state index contributed by atoms with van der Waals surface area (Å²) in [6.45, 7) is 5.50. The molecule has 2 heterocycles. The van der Waals surface area contributed by atoms with Crippen LogP contribution in [-0.4, -0.2) is 41.0 Å². The topological polar surface area (TPSA) is 62.5 Å². The number of hydrogen-bond donors (Lipinski definition) is 0. The minimum atomic E-state index is -0.290. The van der Waals surface area contributed by atoms with Gasteiger partial charge in [0.05, 0.1) is 11.0 Å². The minimum Gasteiger partial charge on any atom is -0.363 e. The molecule has 1 atom stereocenters. The van der Waals surface area contributed by atoms with Crippen molar-refractivity contribution in [2.75, 3.05) is 31.1 Å². The average Bonchev–Trinajstić information content (AvgIpc) is 3.09. The van der Waals surface area contributed by atoms with E-state index in [1.54, 1.807) is 17.4 Å². The maximum absolute atomic E-state index is 11.3. The fourth-order valence-corrected chi connectivity index (χ4v) is 4.06. The van der Waals surface area contributed by atoms with Crippen LogP contribution < -0.4 is 4.90 Å². The molecule has 3 rings (SSSR count). The molecule has 1 aromatic carbocycles. The molecule has 1 aliphatic heterocycles. The van der Waals surface area contributed by atoms with E-state index in [4.69, 9.17) is 0 Å². The predicted octanol–water partition coefficient (Wildman–Crippen LogP) is 3.54. The molecule has 0 N–H and O–H groups in total. The Bertz CT molecular complexity index is 687. The summed E-state index contributed by atoms with van der Waals surface area (Å²) < 4.78 is 0.883. The van der Waals surface area contributed by atoms with Crippen molar-refractivity contribution in [3.8, 4) is 0 Å². The van der Waals surface area contributed by atoms with E-state index in [1.807, 2.05) is 23.7 Å². The molecule has 1 saturated heterocycles. The highest BCUT2D eigenvalue weighted by Crippen LogP contribution is 2.31. The third kappa shape index (κ3) is 3.64. The highest BCUT2D eigenvalue weighted by molar-refractivity contribution is 14.1. The maximum Gasteiger partial charge on any atom is 0.293 e. The number of nitrogens with zero attached hydrogens (tertiary/aromatic N) is 4. The molecule has 0 radical (unpaired) electrons. The van der Waals surface area contributed by atoms with E-state index in [-0.39, 0.29) is 10.6 Å². The number of anilines is 1. The molecule has 0 saturated carbocycles. The normalized spacial score (nSPS) is 17.2. The molecular weight excluding hydrogens is 427 g/mol. The number of benzene rings is 1. The SMILES string of the molecule is CC(c1nccs1)N1CCN(c2ccc(I)cc2[N+](=O)[O-])CC1. The van der Waals surface area contributed by atoms with Crippen LogP contribution in [0.4, 0.5) is 11.4 Å². The first-order valence-electron chi connectivity index (χ1n) is 7.38. The lowest BCUT2D eigenvalue weighted by Gasteiger charge is -2.38. The Hall–Kier alpha value is -1.26. The van der Waals surface area contributed by atoms with E-state index >= 15 is 0 Å². The Morgan fingerprint density at radius 2 is 2.09 bits per heavy atom. The predicted molar refractivity (Wildman–Crippen MR) is 100 cm³/mol. The average molecular weight is 444 g/mol. The third-order valence-corrected chi connectivity index (χ3v) is 5.76. The summed E-state index contributed by atoms with van der Waals surface area (Å²) in [6, 6.07) is 5.72. The molecule has 122 valence electrons. The second-order valence-corrected chi connectivity index (χ2v) is 7.63. The van der Waals surface area contributed by atoms with Gasteiger partial charge in [-0.05, 0) is 41.6 Å². The van der Waals surface area contributed by atoms with Crippen molar-refractivity contribution in [3.05, 3.63) is 48.5 Å². The van der Waals surface area contributed by atoms with Crippen LogP contribution in [-0.2, 0) is 0 Å². The third-order valence-electron chi connectivity index (χ3n) is 4.15. The quantitative estimate of drug-likeness (QED) is 0.410. The van der Waals surface area contributed by atoms with Crippen LogP contribution in [0.5, 0.6) is 0 Å². The summed E-state index contributed by atoms with van der Waals surface area (Å²) in [4.78, 5) is 19.9. The lowest BCUT2D eigenvalue weighted by Crippen LogP contribution is -2.47. The Kier molecular flexibility index (Phi) is 5.12. The monoisotopic (exact) mass is 444 g/mol. The smallest absolute Gasteiger partial charge is 0.293 e. The van der Waals surface area contributed by atoms with Crippen LogP contribution >= 0.6 is 33.9 Å². The largest absolute Gasteiger partial charge is 0.363 e. The number of nitro groups is 1. The van der Waals surface area contributed by atoms with Crippen LogP contribution in [0.3, 0.4) is 0 Å². The van der Waals surface area contributed by atoms with Crippen molar-refractivity contribution in [2.24, 2.45) is 0 Å². The number of aromatic nitrogens is 1. The molecule has 0 bridgehead atoms. The number of rotatable bonds is 4. The number of nitro benzene ring substituents is 1. The van der Waals surface area contributed by atoms with Crippen LogP contribution in [0.25, 0.3) is 0 Å². The molecule has 8 heteroatoms. The van der Waals surface area contributed by atoms with E-state index in [9.17, 15) is 10.1 Å². The van der Waals surface area contributed by atoms with Crippen LogP contribution in [0.1, 0.15) is 18.0 Å². The highest BCUT2D eigenvalue weighted by Gasteiger charge is 2.27. The first-order valence-corrected chi connectivity index (χ1v) is 9.34.